The van der Waals surface area contributed by atoms with E-state index in [9.17, 15) is 9.90 Å². The molecule has 24 heavy (non-hydrogen) atoms. The van der Waals surface area contributed by atoms with Crippen molar-refractivity contribution in [3.63, 3.8) is 0 Å². The number of aromatic amines is 1. The number of carbonyl (C=O) groups is 1. The molecule has 1 atom stereocenters. The van der Waals surface area contributed by atoms with Crippen LogP contribution in [0.5, 0.6) is 0 Å². The number of H-pyrrole nitrogens is 1. The number of benzene rings is 2. The summed E-state index contributed by atoms with van der Waals surface area (Å²) in [5, 5.41) is 12.2. The molecular weight excluding hydrogens is 367 g/mol. The quantitative estimate of drug-likeness (QED) is 0.687. The van der Waals surface area contributed by atoms with Crippen molar-refractivity contribution in [1.82, 2.24) is 9.97 Å². The molecule has 3 rings (SSSR count). The van der Waals surface area contributed by atoms with Gasteiger partial charge in [-0.3, -0.25) is 0 Å². The minimum Gasteiger partial charge on any atom is -0.549 e. The number of carboxylic acid groups (broad SMARTS) is 1. The fourth-order valence-electron chi connectivity index (χ4n) is 2.36. The number of aryl methyl sites for hydroxylation is 1. The van der Waals surface area contributed by atoms with Crippen molar-refractivity contribution in [1.29, 1.82) is 0 Å². The van der Waals surface area contributed by atoms with Crippen LogP contribution in [0.2, 0.25) is 10.0 Å². The molecule has 0 aliphatic heterocycles. The molecule has 0 saturated heterocycles. The summed E-state index contributed by atoms with van der Waals surface area (Å²) in [6, 6.07) is 10.8. The fraction of sp³-hybridized carbons (Fsp3) is 0.176. The first-order valence-electron chi connectivity index (χ1n) is 7.20. The predicted octanol–water partition coefficient (Wildman–Crippen LogP) is 3.63. The second-order valence-corrected chi connectivity index (χ2v) is 7.46. The average molecular weight is 380 g/mol. The van der Waals surface area contributed by atoms with Crippen LogP contribution < -0.4 is 5.11 Å². The normalized spacial score (nSPS) is 12.5. The molecule has 0 aliphatic carbocycles. The molecule has 0 unspecified atom stereocenters. The molecular formula is C17H13Cl2N2O2S-. The van der Waals surface area contributed by atoms with E-state index in [1.807, 2.05) is 25.1 Å². The van der Waals surface area contributed by atoms with Crippen molar-refractivity contribution < 1.29 is 9.90 Å². The van der Waals surface area contributed by atoms with Gasteiger partial charge in [0.15, 0.2) is 5.16 Å². The van der Waals surface area contributed by atoms with Gasteiger partial charge in [0.25, 0.3) is 0 Å². The molecule has 2 aromatic carbocycles. The number of fused-ring (bicyclic) bond motifs is 1. The van der Waals surface area contributed by atoms with Crippen LogP contribution in [0.3, 0.4) is 0 Å². The van der Waals surface area contributed by atoms with Gasteiger partial charge in [0.1, 0.15) is 0 Å². The summed E-state index contributed by atoms with van der Waals surface area (Å²) < 4.78 is 0. The van der Waals surface area contributed by atoms with E-state index in [1.165, 1.54) is 0 Å². The molecule has 0 amide bonds. The van der Waals surface area contributed by atoms with E-state index in [2.05, 4.69) is 9.97 Å². The van der Waals surface area contributed by atoms with Gasteiger partial charge in [0.05, 0.1) is 22.3 Å². The van der Waals surface area contributed by atoms with E-state index in [1.54, 1.807) is 18.2 Å². The fourth-order valence-corrected chi connectivity index (χ4v) is 3.70. The van der Waals surface area contributed by atoms with Crippen molar-refractivity contribution in [2.75, 3.05) is 0 Å². The van der Waals surface area contributed by atoms with Gasteiger partial charge in [0.2, 0.25) is 0 Å². The molecule has 4 nitrogen and oxygen atoms in total. The van der Waals surface area contributed by atoms with E-state index in [0.29, 0.717) is 20.8 Å². The highest BCUT2D eigenvalue weighted by atomic mass is 35.5. The zero-order valence-corrected chi connectivity index (χ0v) is 15.0. The second kappa shape index (κ2) is 7.05. The third-order valence-electron chi connectivity index (χ3n) is 3.55. The van der Waals surface area contributed by atoms with Crippen LogP contribution in [0.25, 0.3) is 11.0 Å². The van der Waals surface area contributed by atoms with E-state index in [4.69, 9.17) is 23.2 Å². The zero-order chi connectivity index (χ0) is 17.3. The summed E-state index contributed by atoms with van der Waals surface area (Å²) in [4.78, 5) is 19.1. The lowest BCUT2D eigenvalue weighted by Crippen LogP contribution is -2.35. The van der Waals surface area contributed by atoms with Crippen LogP contribution >= 0.6 is 35.0 Å². The molecule has 0 radical (unpaired) electrons. The van der Waals surface area contributed by atoms with Crippen LogP contribution in [0.4, 0.5) is 0 Å². The molecule has 1 N–H and O–H groups in total. The number of rotatable bonds is 5. The number of imidazole rings is 1. The van der Waals surface area contributed by atoms with Gasteiger partial charge in [-0.2, -0.15) is 0 Å². The molecule has 1 heterocycles. The molecule has 1 aromatic heterocycles. The molecule has 124 valence electrons. The Labute approximate surface area is 153 Å². The average Bonchev–Trinajstić information content (AvgIpc) is 2.91. The number of hydrogen-bond acceptors (Lipinski definition) is 4. The number of thioether (sulfide) groups is 1. The van der Waals surface area contributed by atoms with E-state index in [-0.39, 0.29) is 6.42 Å². The molecule has 0 saturated carbocycles. The first-order valence-corrected chi connectivity index (χ1v) is 8.84. The Hall–Kier alpha value is -1.69. The SMILES string of the molecule is Cc1ccc2nc(S[C@@H](Cc3cc(Cl)ccc3Cl)C(=O)[O-])[nH]c2c1. The Morgan fingerprint density at radius 3 is 2.83 bits per heavy atom. The Bertz CT molecular complexity index is 911. The van der Waals surface area contributed by atoms with E-state index in [0.717, 1.165) is 28.4 Å². The van der Waals surface area contributed by atoms with Gasteiger partial charge >= 0.3 is 0 Å². The highest BCUT2D eigenvalue weighted by molar-refractivity contribution is 8.00. The van der Waals surface area contributed by atoms with Crippen molar-refractivity contribution in [2.24, 2.45) is 0 Å². The van der Waals surface area contributed by atoms with E-state index >= 15 is 0 Å². The van der Waals surface area contributed by atoms with Gasteiger partial charge in [-0.25, -0.2) is 4.98 Å². The van der Waals surface area contributed by atoms with Crippen molar-refractivity contribution >= 4 is 52.0 Å². The van der Waals surface area contributed by atoms with Crippen LogP contribution in [0.15, 0.2) is 41.6 Å². The Balaban J connectivity index is 1.85. The smallest absolute Gasteiger partial charge is 0.167 e. The third kappa shape index (κ3) is 3.86. The molecule has 0 fully saturated rings. The first-order chi connectivity index (χ1) is 11.4. The number of aliphatic carboxylic acids is 1. The van der Waals surface area contributed by atoms with Crippen molar-refractivity contribution in [3.05, 3.63) is 57.6 Å². The third-order valence-corrected chi connectivity index (χ3v) is 5.21. The second-order valence-electron chi connectivity index (χ2n) is 5.43. The van der Waals surface area contributed by atoms with Gasteiger partial charge in [-0.05, 0) is 54.8 Å². The van der Waals surface area contributed by atoms with Gasteiger partial charge in [-0.15, -0.1) is 0 Å². The number of carbonyl (C=O) groups excluding carboxylic acids is 1. The highest BCUT2D eigenvalue weighted by Gasteiger charge is 2.17. The van der Waals surface area contributed by atoms with Crippen molar-refractivity contribution in [2.45, 2.75) is 23.8 Å². The maximum absolute atomic E-state index is 11.5. The largest absolute Gasteiger partial charge is 0.549 e. The summed E-state index contributed by atoms with van der Waals surface area (Å²) in [6.07, 6.45) is 0.197. The maximum Gasteiger partial charge on any atom is 0.167 e. The minimum absolute atomic E-state index is 0.197. The van der Waals surface area contributed by atoms with Gasteiger partial charge in [0, 0.05) is 10.0 Å². The topological polar surface area (TPSA) is 68.8 Å². The maximum atomic E-state index is 11.5. The number of nitrogens with zero attached hydrogens (tertiary/aromatic N) is 1. The van der Waals surface area contributed by atoms with Crippen LogP contribution in [0, 0.1) is 6.92 Å². The summed E-state index contributed by atoms with van der Waals surface area (Å²) in [6.45, 7) is 1.98. The van der Waals surface area contributed by atoms with Crippen LogP contribution in [-0.2, 0) is 11.2 Å². The summed E-state index contributed by atoms with van der Waals surface area (Å²) in [5.74, 6) is -1.17. The Morgan fingerprint density at radius 2 is 2.08 bits per heavy atom. The molecule has 3 aromatic rings. The first kappa shape index (κ1) is 17.1. The lowest BCUT2D eigenvalue weighted by atomic mass is 10.1. The number of aromatic nitrogens is 2. The monoisotopic (exact) mass is 379 g/mol. The zero-order valence-electron chi connectivity index (χ0n) is 12.7. The number of hydrogen-bond donors (Lipinski definition) is 1. The van der Waals surface area contributed by atoms with Crippen LogP contribution in [-0.4, -0.2) is 21.2 Å². The standard InChI is InChI=1S/C17H14Cl2N2O2S/c1-9-2-5-13-14(6-9)21-17(20-13)24-15(16(22)23)8-10-7-11(18)3-4-12(10)19/h2-7,15H,8H2,1H3,(H,20,21)(H,22,23)/p-1/t15-/m0/s1. The van der Waals surface area contributed by atoms with Gasteiger partial charge < -0.3 is 14.9 Å². The van der Waals surface area contributed by atoms with Crippen LogP contribution in [0.1, 0.15) is 11.1 Å². The summed E-state index contributed by atoms with van der Waals surface area (Å²) in [7, 11) is 0. The lowest BCUT2D eigenvalue weighted by Gasteiger charge is -2.17. The number of carboxylic acids is 1. The number of nitrogens with one attached hydrogen (secondary N) is 1. The Morgan fingerprint density at radius 1 is 1.29 bits per heavy atom. The predicted molar refractivity (Wildman–Crippen MR) is 95.6 cm³/mol. The lowest BCUT2D eigenvalue weighted by molar-refractivity contribution is -0.304. The van der Waals surface area contributed by atoms with Gasteiger partial charge in [-0.1, -0.05) is 41.0 Å². The molecule has 0 spiro atoms. The number of halogens is 2. The molecule has 0 aliphatic rings. The van der Waals surface area contributed by atoms with Crippen molar-refractivity contribution in [3.8, 4) is 0 Å². The molecule has 7 heteroatoms. The summed E-state index contributed by atoms with van der Waals surface area (Å²) in [5.41, 5.74) is 3.43. The highest BCUT2D eigenvalue weighted by Crippen LogP contribution is 2.29. The van der Waals surface area contributed by atoms with E-state index < -0.39 is 11.2 Å². The minimum atomic E-state index is -1.17. The molecule has 0 bridgehead atoms. The Kier molecular flexibility index (Phi) is 5.04. The summed E-state index contributed by atoms with van der Waals surface area (Å²) >= 11 is 13.2.